The maximum absolute atomic E-state index is 5.66. The summed E-state index contributed by atoms with van der Waals surface area (Å²) in [5, 5.41) is 0. The number of nitrogens with zero attached hydrogens (tertiary/aromatic N) is 2. The smallest absolute Gasteiger partial charge is 0.0957 e. The summed E-state index contributed by atoms with van der Waals surface area (Å²) in [5.74, 6) is 0. The molecule has 0 amide bonds. The standard InChI is InChI=1S/C13H14N2O/c1-13(11-5-3-2-4-6-11)9-16-8-12-7-14-10-15(12)13/h2-7,10H,8-9H2,1H3. The van der Waals surface area contributed by atoms with Gasteiger partial charge in [0.05, 0.1) is 37.0 Å². The van der Waals surface area contributed by atoms with Crippen LogP contribution in [0.1, 0.15) is 18.2 Å². The van der Waals surface area contributed by atoms with Gasteiger partial charge in [-0.05, 0) is 12.5 Å². The minimum atomic E-state index is -0.134. The molecule has 0 aliphatic carbocycles. The van der Waals surface area contributed by atoms with Crippen molar-refractivity contribution in [3.63, 3.8) is 0 Å². The van der Waals surface area contributed by atoms with Gasteiger partial charge in [0.25, 0.3) is 0 Å². The molecule has 2 aromatic rings. The minimum absolute atomic E-state index is 0.134. The van der Waals surface area contributed by atoms with E-state index in [0.29, 0.717) is 13.2 Å². The molecule has 1 unspecified atom stereocenters. The Balaban J connectivity index is 2.14. The van der Waals surface area contributed by atoms with Crippen LogP contribution in [0.4, 0.5) is 0 Å². The fourth-order valence-electron chi connectivity index (χ4n) is 2.32. The summed E-state index contributed by atoms with van der Waals surface area (Å²) >= 11 is 0. The average Bonchev–Trinajstić information content (AvgIpc) is 2.80. The summed E-state index contributed by atoms with van der Waals surface area (Å²) in [6.45, 7) is 3.54. The summed E-state index contributed by atoms with van der Waals surface area (Å²) in [7, 11) is 0. The third-order valence-electron chi connectivity index (χ3n) is 3.28. The van der Waals surface area contributed by atoms with E-state index in [2.05, 4.69) is 40.7 Å². The number of benzene rings is 1. The van der Waals surface area contributed by atoms with Gasteiger partial charge < -0.3 is 9.30 Å². The van der Waals surface area contributed by atoms with Gasteiger partial charge in [0.15, 0.2) is 0 Å². The maximum Gasteiger partial charge on any atom is 0.0957 e. The molecule has 3 heteroatoms. The molecular weight excluding hydrogens is 200 g/mol. The summed E-state index contributed by atoms with van der Waals surface area (Å²) in [5.41, 5.74) is 2.26. The van der Waals surface area contributed by atoms with E-state index >= 15 is 0 Å². The maximum atomic E-state index is 5.66. The van der Waals surface area contributed by atoms with Gasteiger partial charge in [0, 0.05) is 0 Å². The molecule has 1 atom stereocenters. The number of hydrogen-bond acceptors (Lipinski definition) is 2. The summed E-state index contributed by atoms with van der Waals surface area (Å²) in [4.78, 5) is 4.21. The molecule has 16 heavy (non-hydrogen) atoms. The predicted molar refractivity (Wildman–Crippen MR) is 61.1 cm³/mol. The van der Waals surface area contributed by atoms with E-state index in [4.69, 9.17) is 4.74 Å². The second-order valence-corrected chi connectivity index (χ2v) is 4.39. The zero-order valence-corrected chi connectivity index (χ0v) is 9.26. The first-order valence-electron chi connectivity index (χ1n) is 5.46. The minimum Gasteiger partial charge on any atom is -0.372 e. The Morgan fingerprint density at radius 3 is 2.94 bits per heavy atom. The molecule has 82 valence electrons. The zero-order chi connectivity index (χ0) is 11.0. The van der Waals surface area contributed by atoms with Crippen molar-refractivity contribution in [2.24, 2.45) is 0 Å². The molecule has 0 bridgehead atoms. The van der Waals surface area contributed by atoms with Gasteiger partial charge in [-0.3, -0.25) is 0 Å². The summed E-state index contributed by atoms with van der Waals surface area (Å²) < 4.78 is 7.88. The Hall–Kier alpha value is -1.61. The van der Waals surface area contributed by atoms with E-state index < -0.39 is 0 Å². The Morgan fingerprint density at radius 1 is 1.31 bits per heavy atom. The molecule has 1 aromatic heterocycles. The highest BCUT2D eigenvalue weighted by molar-refractivity contribution is 5.27. The molecule has 3 rings (SSSR count). The van der Waals surface area contributed by atoms with Crippen molar-refractivity contribution in [2.45, 2.75) is 19.1 Å². The molecule has 0 saturated carbocycles. The third-order valence-corrected chi connectivity index (χ3v) is 3.28. The van der Waals surface area contributed by atoms with Gasteiger partial charge in [-0.1, -0.05) is 30.3 Å². The lowest BCUT2D eigenvalue weighted by Crippen LogP contribution is -2.40. The van der Waals surface area contributed by atoms with Gasteiger partial charge in [0.1, 0.15) is 0 Å². The van der Waals surface area contributed by atoms with E-state index in [9.17, 15) is 0 Å². The first-order valence-corrected chi connectivity index (χ1v) is 5.46. The average molecular weight is 214 g/mol. The Bertz CT molecular complexity index is 492. The largest absolute Gasteiger partial charge is 0.372 e. The molecule has 0 spiro atoms. The SMILES string of the molecule is CC1(c2ccccc2)COCc2cncn21. The Labute approximate surface area is 94.7 Å². The Kier molecular flexibility index (Phi) is 2.07. The van der Waals surface area contributed by atoms with Crippen LogP contribution in [0, 0.1) is 0 Å². The van der Waals surface area contributed by atoms with Gasteiger partial charge >= 0.3 is 0 Å². The second kappa shape index (κ2) is 3.46. The molecule has 0 fully saturated rings. The fraction of sp³-hybridized carbons (Fsp3) is 0.308. The first kappa shape index (κ1) is 9.60. The van der Waals surface area contributed by atoms with E-state index in [-0.39, 0.29) is 5.54 Å². The fourth-order valence-corrected chi connectivity index (χ4v) is 2.32. The number of ether oxygens (including phenoxy) is 1. The molecule has 2 heterocycles. The van der Waals surface area contributed by atoms with Crippen LogP contribution in [0.15, 0.2) is 42.9 Å². The number of imidazole rings is 1. The predicted octanol–water partition coefficient (Wildman–Crippen LogP) is 2.18. The van der Waals surface area contributed by atoms with Crippen molar-refractivity contribution in [2.75, 3.05) is 6.61 Å². The van der Waals surface area contributed by atoms with E-state index in [1.807, 2.05) is 18.6 Å². The number of fused-ring (bicyclic) bond motifs is 1. The monoisotopic (exact) mass is 214 g/mol. The molecule has 3 nitrogen and oxygen atoms in total. The highest BCUT2D eigenvalue weighted by Crippen LogP contribution is 2.31. The number of hydrogen-bond donors (Lipinski definition) is 0. The van der Waals surface area contributed by atoms with Crippen LogP contribution in [0.5, 0.6) is 0 Å². The second-order valence-electron chi connectivity index (χ2n) is 4.39. The van der Waals surface area contributed by atoms with Crippen LogP contribution in [-0.4, -0.2) is 16.2 Å². The molecule has 0 radical (unpaired) electrons. The lowest BCUT2D eigenvalue weighted by molar-refractivity contribution is 0.0306. The lowest BCUT2D eigenvalue weighted by atomic mass is 9.91. The molecular formula is C13H14N2O. The number of aromatic nitrogens is 2. The van der Waals surface area contributed by atoms with Crippen LogP contribution in [-0.2, 0) is 16.9 Å². The highest BCUT2D eigenvalue weighted by atomic mass is 16.5. The van der Waals surface area contributed by atoms with Crippen LogP contribution < -0.4 is 0 Å². The van der Waals surface area contributed by atoms with Crippen molar-refractivity contribution in [1.29, 1.82) is 0 Å². The van der Waals surface area contributed by atoms with Crippen LogP contribution in [0.3, 0.4) is 0 Å². The molecule has 0 saturated heterocycles. The quantitative estimate of drug-likeness (QED) is 0.727. The lowest BCUT2D eigenvalue weighted by Gasteiger charge is -2.36. The zero-order valence-electron chi connectivity index (χ0n) is 9.26. The number of rotatable bonds is 1. The molecule has 1 aromatic carbocycles. The van der Waals surface area contributed by atoms with E-state index in [0.717, 1.165) is 5.69 Å². The third kappa shape index (κ3) is 1.28. The van der Waals surface area contributed by atoms with Crippen LogP contribution in [0.2, 0.25) is 0 Å². The van der Waals surface area contributed by atoms with Crippen molar-refractivity contribution >= 4 is 0 Å². The molecule has 0 N–H and O–H groups in total. The van der Waals surface area contributed by atoms with Gasteiger partial charge in [-0.15, -0.1) is 0 Å². The van der Waals surface area contributed by atoms with Crippen LogP contribution >= 0.6 is 0 Å². The van der Waals surface area contributed by atoms with Gasteiger partial charge in [-0.25, -0.2) is 4.98 Å². The normalized spacial score (nSPS) is 24.1. The topological polar surface area (TPSA) is 27.1 Å². The van der Waals surface area contributed by atoms with Crippen molar-refractivity contribution in [3.05, 3.63) is 54.1 Å². The van der Waals surface area contributed by atoms with E-state index in [1.54, 1.807) is 0 Å². The Morgan fingerprint density at radius 2 is 2.12 bits per heavy atom. The molecule has 1 aliphatic rings. The van der Waals surface area contributed by atoms with Crippen LogP contribution in [0.25, 0.3) is 0 Å². The van der Waals surface area contributed by atoms with E-state index in [1.165, 1.54) is 5.56 Å². The van der Waals surface area contributed by atoms with Crippen molar-refractivity contribution in [1.82, 2.24) is 9.55 Å². The van der Waals surface area contributed by atoms with Gasteiger partial charge in [-0.2, -0.15) is 0 Å². The van der Waals surface area contributed by atoms with Gasteiger partial charge in [0.2, 0.25) is 0 Å². The van der Waals surface area contributed by atoms with Crippen molar-refractivity contribution in [3.8, 4) is 0 Å². The first-order chi connectivity index (χ1) is 7.81. The summed E-state index contributed by atoms with van der Waals surface area (Å²) in [6, 6.07) is 10.4. The van der Waals surface area contributed by atoms with Crippen molar-refractivity contribution < 1.29 is 4.74 Å². The molecule has 1 aliphatic heterocycles. The highest BCUT2D eigenvalue weighted by Gasteiger charge is 2.33. The summed E-state index contributed by atoms with van der Waals surface area (Å²) in [6.07, 6.45) is 3.77.